The molecule has 0 spiro atoms. The SMILES string of the molecule is CCc1ccc(CNC(=O)c2nn(C)c3c2C[C@H](C)O[C@@H]3C)nc1. The molecule has 2 aromatic rings. The molecule has 6 nitrogen and oxygen atoms in total. The van der Waals surface area contributed by atoms with E-state index in [2.05, 4.69) is 22.3 Å². The Balaban J connectivity index is 1.74. The minimum Gasteiger partial charge on any atom is -0.369 e. The van der Waals surface area contributed by atoms with E-state index in [0.717, 1.165) is 23.4 Å². The first-order chi connectivity index (χ1) is 11.5. The third kappa shape index (κ3) is 3.19. The van der Waals surface area contributed by atoms with Gasteiger partial charge in [-0.15, -0.1) is 0 Å². The topological polar surface area (TPSA) is 69.0 Å². The molecule has 2 aromatic heterocycles. The molecule has 24 heavy (non-hydrogen) atoms. The predicted octanol–water partition coefficient (Wildman–Crippen LogP) is 2.33. The Morgan fingerprint density at radius 3 is 2.88 bits per heavy atom. The van der Waals surface area contributed by atoms with Crippen LogP contribution in [0, 0.1) is 0 Å². The average Bonchev–Trinajstić information content (AvgIpc) is 2.90. The fourth-order valence-electron chi connectivity index (χ4n) is 3.24. The molecule has 2 atom stereocenters. The lowest BCUT2D eigenvalue weighted by molar-refractivity contribution is -0.00903. The highest BCUT2D eigenvalue weighted by atomic mass is 16.5. The van der Waals surface area contributed by atoms with Crippen LogP contribution in [-0.2, 0) is 31.2 Å². The van der Waals surface area contributed by atoms with Crippen LogP contribution in [0.3, 0.4) is 0 Å². The zero-order valence-corrected chi connectivity index (χ0v) is 14.7. The smallest absolute Gasteiger partial charge is 0.272 e. The van der Waals surface area contributed by atoms with Gasteiger partial charge in [0.15, 0.2) is 5.69 Å². The van der Waals surface area contributed by atoms with E-state index in [0.29, 0.717) is 18.7 Å². The summed E-state index contributed by atoms with van der Waals surface area (Å²) >= 11 is 0. The molecule has 0 fully saturated rings. The third-order valence-corrected chi connectivity index (χ3v) is 4.45. The second kappa shape index (κ2) is 6.73. The number of rotatable bonds is 4. The fraction of sp³-hybridized carbons (Fsp3) is 0.500. The first kappa shape index (κ1) is 16.6. The molecule has 0 saturated carbocycles. The molecule has 0 saturated heterocycles. The van der Waals surface area contributed by atoms with Crippen molar-refractivity contribution in [2.75, 3.05) is 0 Å². The zero-order chi connectivity index (χ0) is 17.3. The summed E-state index contributed by atoms with van der Waals surface area (Å²) in [5, 5.41) is 7.35. The number of amides is 1. The number of aromatic nitrogens is 3. The molecule has 0 aliphatic carbocycles. The summed E-state index contributed by atoms with van der Waals surface area (Å²) in [6.07, 6.45) is 3.56. The molecule has 3 heterocycles. The Morgan fingerprint density at radius 2 is 2.21 bits per heavy atom. The lowest BCUT2D eigenvalue weighted by atomic mass is 9.99. The van der Waals surface area contributed by atoms with Crippen LogP contribution in [-0.4, -0.2) is 26.8 Å². The summed E-state index contributed by atoms with van der Waals surface area (Å²) in [7, 11) is 1.86. The van der Waals surface area contributed by atoms with Crippen LogP contribution < -0.4 is 5.32 Å². The molecule has 3 rings (SSSR count). The van der Waals surface area contributed by atoms with Crippen molar-refractivity contribution in [1.29, 1.82) is 0 Å². The van der Waals surface area contributed by atoms with Gasteiger partial charge in [-0.1, -0.05) is 13.0 Å². The minimum atomic E-state index is -0.158. The van der Waals surface area contributed by atoms with Crippen LogP contribution in [0.1, 0.15) is 59.9 Å². The number of fused-ring (bicyclic) bond motifs is 1. The van der Waals surface area contributed by atoms with E-state index in [9.17, 15) is 4.79 Å². The molecule has 128 valence electrons. The van der Waals surface area contributed by atoms with E-state index in [1.54, 1.807) is 4.68 Å². The lowest BCUT2D eigenvalue weighted by Gasteiger charge is -2.26. The summed E-state index contributed by atoms with van der Waals surface area (Å²) in [4.78, 5) is 17.0. The van der Waals surface area contributed by atoms with Crippen LogP contribution >= 0.6 is 0 Å². The molecule has 1 N–H and O–H groups in total. The van der Waals surface area contributed by atoms with Gasteiger partial charge in [0.25, 0.3) is 5.91 Å². The zero-order valence-electron chi connectivity index (χ0n) is 14.7. The van der Waals surface area contributed by atoms with Crippen LogP contribution in [0.2, 0.25) is 0 Å². The Morgan fingerprint density at radius 1 is 1.42 bits per heavy atom. The lowest BCUT2D eigenvalue weighted by Crippen LogP contribution is -2.27. The van der Waals surface area contributed by atoms with E-state index in [-0.39, 0.29) is 18.1 Å². The second-order valence-electron chi connectivity index (χ2n) is 6.32. The molecule has 0 unspecified atom stereocenters. The third-order valence-electron chi connectivity index (χ3n) is 4.45. The quantitative estimate of drug-likeness (QED) is 0.935. The number of hydrogen-bond acceptors (Lipinski definition) is 4. The van der Waals surface area contributed by atoms with Gasteiger partial charge < -0.3 is 10.1 Å². The predicted molar refractivity (Wildman–Crippen MR) is 90.7 cm³/mol. The summed E-state index contributed by atoms with van der Waals surface area (Å²) in [6, 6.07) is 3.99. The molecular weight excluding hydrogens is 304 g/mol. The van der Waals surface area contributed by atoms with Gasteiger partial charge >= 0.3 is 0 Å². The summed E-state index contributed by atoms with van der Waals surface area (Å²) in [6.45, 7) is 6.51. The minimum absolute atomic E-state index is 0.0499. The number of nitrogens with zero attached hydrogens (tertiary/aromatic N) is 3. The van der Waals surface area contributed by atoms with Gasteiger partial charge in [-0.05, 0) is 31.9 Å². The number of carbonyl (C=O) groups excluding carboxylic acids is 1. The molecule has 1 amide bonds. The molecule has 0 radical (unpaired) electrons. The monoisotopic (exact) mass is 328 g/mol. The van der Waals surface area contributed by atoms with Crippen LogP contribution in [0.4, 0.5) is 0 Å². The van der Waals surface area contributed by atoms with E-state index in [4.69, 9.17) is 4.74 Å². The normalized spacial score (nSPS) is 19.8. The van der Waals surface area contributed by atoms with Crippen molar-refractivity contribution < 1.29 is 9.53 Å². The number of nitrogens with one attached hydrogen (secondary N) is 1. The Kier molecular flexibility index (Phi) is 4.66. The van der Waals surface area contributed by atoms with Gasteiger partial charge in [0.2, 0.25) is 0 Å². The van der Waals surface area contributed by atoms with Crippen molar-refractivity contribution in [3.8, 4) is 0 Å². The Bertz CT molecular complexity index is 736. The van der Waals surface area contributed by atoms with Crippen molar-refractivity contribution in [2.24, 2.45) is 7.05 Å². The number of ether oxygens (including phenoxy) is 1. The van der Waals surface area contributed by atoms with Gasteiger partial charge in [-0.25, -0.2) is 0 Å². The standard InChI is InChI=1S/C18H24N4O2/c1-5-13-6-7-14(19-9-13)10-20-18(23)16-15-8-11(2)24-12(3)17(15)22(4)21-16/h6-7,9,11-12H,5,8,10H2,1-4H3,(H,20,23)/t11-,12+/m0/s1. The van der Waals surface area contributed by atoms with Crippen molar-refractivity contribution >= 4 is 5.91 Å². The van der Waals surface area contributed by atoms with Crippen molar-refractivity contribution in [3.63, 3.8) is 0 Å². The first-order valence-electron chi connectivity index (χ1n) is 8.42. The molecule has 1 aliphatic rings. The molecule has 0 bridgehead atoms. The number of carbonyl (C=O) groups is 1. The van der Waals surface area contributed by atoms with Gasteiger partial charge in [0, 0.05) is 25.2 Å². The summed E-state index contributed by atoms with van der Waals surface area (Å²) in [5.74, 6) is -0.158. The molecular formula is C18H24N4O2. The van der Waals surface area contributed by atoms with E-state index >= 15 is 0 Å². The molecule has 0 aromatic carbocycles. The average molecular weight is 328 g/mol. The van der Waals surface area contributed by atoms with E-state index < -0.39 is 0 Å². The Hall–Kier alpha value is -2.21. The maximum Gasteiger partial charge on any atom is 0.272 e. The maximum absolute atomic E-state index is 12.6. The van der Waals surface area contributed by atoms with E-state index in [1.807, 2.05) is 39.2 Å². The highest BCUT2D eigenvalue weighted by Gasteiger charge is 2.31. The van der Waals surface area contributed by atoms with Crippen molar-refractivity contribution in [1.82, 2.24) is 20.1 Å². The molecule has 6 heteroatoms. The highest BCUT2D eigenvalue weighted by Crippen LogP contribution is 2.31. The van der Waals surface area contributed by atoms with Gasteiger partial charge in [-0.3, -0.25) is 14.5 Å². The number of hydrogen-bond donors (Lipinski definition) is 1. The van der Waals surface area contributed by atoms with Crippen molar-refractivity contribution in [2.45, 2.75) is 52.4 Å². The largest absolute Gasteiger partial charge is 0.369 e. The van der Waals surface area contributed by atoms with Crippen LogP contribution in [0.15, 0.2) is 18.3 Å². The Labute approximate surface area is 142 Å². The van der Waals surface area contributed by atoms with Gasteiger partial charge in [0.05, 0.1) is 30.1 Å². The van der Waals surface area contributed by atoms with Crippen LogP contribution in [0.25, 0.3) is 0 Å². The van der Waals surface area contributed by atoms with Crippen LogP contribution in [0.5, 0.6) is 0 Å². The van der Waals surface area contributed by atoms with E-state index in [1.165, 1.54) is 5.56 Å². The van der Waals surface area contributed by atoms with Crippen molar-refractivity contribution in [3.05, 3.63) is 46.5 Å². The second-order valence-corrected chi connectivity index (χ2v) is 6.32. The fourth-order valence-corrected chi connectivity index (χ4v) is 3.24. The molecule has 1 aliphatic heterocycles. The highest BCUT2D eigenvalue weighted by molar-refractivity contribution is 5.94. The number of pyridine rings is 1. The number of aryl methyl sites for hydroxylation is 2. The van der Waals surface area contributed by atoms with Gasteiger partial charge in [-0.2, -0.15) is 5.10 Å². The first-order valence-corrected chi connectivity index (χ1v) is 8.42. The van der Waals surface area contributed by atoms with Gasteiger partial charge in [0.1, 0.15) is 0 Å². The maximum atomic E-state index is 12.6. The summed E-state index contributed by atoms with van der Waals surface area (Å²) < 4.78 is 7.59. The summed E-state index contributed by atoms with van der Waals surface area (Å²) in [5.41, 5.74) is 4.51.